The van der Waals surface area contributed by atoms with Crippen molar-refractivity contribution in [1.29, 1.82) is 0 Å². The highest BCUT2D eigenvalue weighted by molar-refractivity contribution is 5.88. The number of aromatic nitrogens is 4. The van der Waals surface area contributed by atoms with E-state index in [1.807, 2.05) is 103 Å². The Bertz CT molecular complexity index is 2550. The number of nitrogens with zero attached hydrogens (tertiary/aromatic N) is 4. The second kappa shape index (κ2) is 15.8. The van der Waals surface area contributed by atoms with Gasteiger partial charge in [-0.25, -0.2) is 19.6 Å². The Morgan fingerprint density at radius 1 is 0.754 bits per heavy atom. The normalized spacial score (nSPS) is 20.3. The van der Waals surface area contributed by atoms with Gasteiger partial charge < -0.3 is 39.9 Å². The summed E-state index contributed by atoms with van der Waals surface area (Å²) in [4.78, 5) is 73.0. The van der Waals surface area contributed by atoms with Gasteiger partial charge in [-0.05, 0) is 96.7 Å². The van der Waals surface area contributed by atoms with Crippen molar-refractivity contribution in [3.63, 3.8) is 0 Å². The monoisotopic (exact) mass is 822 g/mol. The van der Waals surface area contributed by atoms with Crippen LogP contribution in [0.2, 0.25) is 0 Å². The van der Waals surface area contributed by atoms with Crippen LogP contribution in [0.3, 0.4) is 0 Å². The van der Waals surface area contributed by atoms with E-state index in [0.29, 0.717) is 24.5 Å². The van der Waals surface area contributed by atoms with Gasteiger partial charge in [-0.2, -0.15) is 0 Å². The lowest BCUT2D eigenvalue weighted by Gasteiger charge is -2.30. The summed E-state index contributed by atoms with van der Waals surface area (Å²) in [5.41, 5.74) is 5.94. The summed E-state index contributed by atoms with van der Waals surface area (Å²) < 4.78 is 9.69. The first-order valence-corrected chi connectivity index (χ1v) is 21.0. The summed E-state index contributed by atoms with van der Waals surface area (Å²) in [5.74, 6) is 7.61. The molecule has 3 aromatic carbocycles. The second-order valence-electron chi connectivity index (χ2n) is 17.6. The molecule has 2 saturated heterocycles. The molecule has 2 aliphatic carbocycles. The van der Waals surface area contributed by atoms with Gasteiger partial charge in [-0.3, -0.25) is 9.59 Å². The van der Waals surface area contributed by atoms with Gasteiger partial charge in [0, 0.05) is 24.2 Å². The number of likely N-dealkylation sites (tertiary alicyclic amines) is 2. The number of carbonyl (C=O) groups is 4. The largest absolute Gasteiger partial charge is 0.453 e. The molecule has 0 unspecified atom stereocenters. The predicted molar refractivity (Wildman–Crippen MR) is 226 cm³/mol. The Hall–Kier alpha value is -6.62. The van der Waals surface area contributed by atoms with E-state index in [2.05, 4.69) is 32.4 Å². The van der Waals surface area contributed by atoms with Crippen molar-refractivity contribution < 1.29 is 28.7 Å². The van der Waals surface area contributed by atoms with E-state index in [4.69, 9.17) is 19.4 Å². The number of rotatable bonds is 9. The summed E-state index contributed by atoms with van der Waals surface area (Å²) >= 11 is 0. The molecule has 5 aromatic rings. The molecule has 2 saturated carbocycles. The molecule has 4 amide bonds. The van der Waals surface area contributed by atoms with E-state index >= 15 is 0 Å². The molecule has 14 nitrogen and oxygen atoms in total. The molecule has 4 fully saturated rings. The summed E-state index contributed by atoms with van der Waals surface area (Å²) in [6.45, 7) is 5.08. The Morgan fingerprint density at radius 2 is 1.36 bits per heavy atom. The Labute approximate surface area is 354 Å². The molecule has 2 aliphatic heterocycles. The van der Waals surface area contributed by atoms with E-state index < -0.39 is 24.3 Å². The van der Waals surface area contributed by atoms with Gasteiger partial charge in [-0.15, -0.1) is 0 Å². The van der Waals surface area contributed by atoms with Gasteiger partial charge in [-0.1, -0.05) is 68.2 Å². The smallest absolute Gasteiger partial charge is 0.407 e. The summed E-state index contributed by atoms with van der Waals surface area (Å²) in [5, 5.41) is 5.50. The first kappa shape index (κ1) is 39.8. The number of carbonyl (C=O) groups excluding carboxylic acids is 4. The molecular weight excluding hydrogens is 773 g/mol. The lowest BCUT2D eigenvalue weighted by molar-refractivity contribution is -0.136. The van der Waals surface area contributed by atoms with Crippen LogP contribution >= 0.6 is 0 Å². The number of aromatic amines is 2. The number of methoxy groups -OCH3 is 2. The summed E-state index contributed by atoms with van der Waals surface area (Å²) in [7, 11) is 2.59. The van der Waals surface area contributed by atoms with E-state index in [9.17, 15) is 19.2 Å². The van der Waals surface area contributed by atoms with Crippen LogP contribution in [0, 0.1) is 28.6 Å². The molecule has 4 atom stereocenters. The number of hydrogen-bond donors (Lipinski definition) is 4. The number of amides is 4. The maximum Gasteiger partial charge on any atom is 0.407 e. The van der Waals surface area contributed by atoms with Crippen LogP contribution in [-0.4, -0.2) is 87.1 Å². The zero-order valence-corrected chi connectivity index (χ0v) is 34.8. The highest BCUT2D eigenvalue weighted by Gasteiger charge is 2.56. The van der Waals surface area contributed by atoms with Crippen LogP contribution in [0.1, 0.15) is 98.8 Å². The molecule has 0 radical (unpaired) electrons. The summed E-state index contributed by atoms with van der Waals surface area (Å²) in [6, 6.07) is 21.0. The van der Waals surface area contributed by atoms with E-state index in [-0.39, 0.29) is 40.6 Å². The van der Waals surface area contributed by atoms with E-state index in [1.54, 1.807) is 0 Å². The fourth-order valence-corrected chi connectivity index (χ4v) is 9.09. The molecule has 2 spiro atoms. The molecule has 4 aliphatic rings. The first-order valence-electron chi connectivity index (χ1n) is 21.0. The quantitative estimate of drug-likeness (QED) is 0.116. The molecule has 314 valence electrons. The van der Waals surface area contributed by atoms with Crippen LogP contribution in [0.15, 0.2) is 79.0 Å². The highest BCUT2D eigenvalue weighted by Crippen LogP contribution is 2.59. The molecule has 4 N–H and O–H groups in total. The van der Waals surface area contributed by atoms with Crippen molar-refractivity contribution in [1.82, 2.24) is 40.4 Å². The molecule has 4 heterocycles. The second-order valence-corrected chi connectivity index (χ2v) is 17.6. The average molecular weight is 823 g/mol. The van der Waals surface area contributed by atoms with Crippen LogP contribution in [0.25, 0.3) is 22.3 Å². The van der Waals surface area contributed by atoms with Crippen LogP contribution in [-0.2, 0) is 19.1 Å². The van der Waals surface area contributed by atoms with Crippen LogP contribution < -0.4 is 10.6 Å². The van der Waals surface area contributed by atoms with Gasteiger partial charge >= 0.3 is 12.2 Å². The molecule has 2 aromatic heterocycles. The van der Waals surface area contributed by atoms with Gasteiger partial charge in [0.25, 0.3) is 5.91 Å². The van der Waals surface area contributed by atoms with Crippen molar-refractivity contribution in [3.05, 3.63) is 107 Å². The Morgan fingerprint density at radius 3 is 2.00 bits per heavy atom. The third-order valence-corrected chi connectivity index (χ3v) is 13.0. The van der Waals surface area contributed by atoms with Gasteiger partial charge in [0.1, 0.15) is 23.7 Å². The third kappa shape index (κ3) is 8.04. The molecule has 61 heavy (non-hydrogen) atoms. The fourth-order valence-electron chi connectivity index (χ4n) is 9.09. The lowest BCUT2D eigenvalue weighted by atomic mass is 10.0. The van der Waals surface area contributed by atoms with Gasteiger partial charge in [0.05, 0.1) is 49.2 Å². The number of benzene rings is 3. The van der Waals surface area contributed by atoms with E-state index in [1.165, 1.54) is 14.2 Å². The Kier molecular flexibility index (Phi) is 10.3. The zero-order valence-electron chi connectivity index (χ0n) is 34.8. The van der Waals surface area contributed by atoms with Gasteiger partial charge in [0.2, 0.25) is 5.91 Å². The SMILES string of the molecule is COC(=O)N[C@H](C(=O)N1CC2(CC2)C[C@H]1c1ncc(-c2ccc(C#Cc3ccc4nc([C@@H]5CC6(CC6)CN5C(=O)[C@H](NC(=O)OC)c5ccccc5)[nH]c4c3)cc2)[nH]1)C(C)C. The maximum atomic E-state index is 14.2. The summed E-state index contributed by atoms with van der Waals surface area (Å²) in [6.07, 6.45) is 6.42. The number of imidazole rings is 2. The highest BCUT2D eigenvalue weighted by atomic mass is 16.5. The molecular formula is C47H50N8O6. The van der Waals surface area contributed by atoms with Crippen molar-refractivity contribution >= 4 is 35.0 Å². The lowest BCUT2D eigenvalue weighted by Crippen LogP contribution is -2.51. The standard InChI is InChI=1S/C47H50N8O6/c1-28(2)38(52-44(58)60-3)42(56)54-26-46(18-19-46)23-36(54)40-48-25-35(51-40)31-15-12-29(13-16-31)10-11-30-14-17-33-34(22-30)50-41(49-33)37-24-47(20-21-47)27-55(37)43(57)39(53-45(59)61-4)32-8-6-5-7-9-32/h5-9,12-17,22,25,28,36-39H,18-21,23-24,26-27H2,1-4H3,(H,48,51)(H,49,50)(H,52,58)(H,53,59)/t36-,37-,38-,39+/m0/s1. The Balaban J connectivity index is 0.895. The first-order chi connectivity index (χ1) is 29.5. The molecule has 9 rings (SSSR count). The number of hydrogen-bond acceptors (Lipinski definition) is 8. The van der Waals surface area contributed by atoms with Crippen molar-refractivity contribution in [3.8, 4) is 23.1 Å². The van der Waals surface area contributed by atoms with Crippen LogP contribution in [0.4, 0.5) is 9.59 Å². The predicted octanol–water partition coefficient (Wildman–Crippen LogP) is 6.94. The van der Waals surface area contributed by atoms with E-state index in [0.717, 1.165) is 77.8 Å². The number of fused-ring (bicyclic) bond motifs is 1. The number of ether oxygens (including phenoxy) is 2. The van der Waals surface area contributed by atoms with Crippen molar-refractivity contribution in [2.24, 2.45) is 16.7 Å². The average Bonchev–Trinajstić information content (AvgIpc) is 3.89. The zero-order chi connectivity index (χ0) is 42.5. The fraction of sp³-hybridized carbons (Fsp3) is 0.404. The number of nitrogens with one attached hydrogen (secondary N) is 4. The van der Waals surface area contributed by atoms with Crippen molar-refractivity contribution in [2.45, 2.75) is 76.5 Å². The maximum absolute atomic E-state index is 14.2. The van der Waals surface area contributed by atoms with Crippen molar-refractivity contribution in [2.75, 3.05) is 27.3 Å². The topological polar surface area (TPSA) is 175 Å². The molecule has 14 heteroatoms. The minimum atomic E-state index is -0.890. The number of alkyl carbamates (subject to hydrolysis) is 2. The minimum Gasteiger partial charge on any atom is -0.453 e. The minimum absolute atomic E-state index is 0.0672. The number of H-pyrrole nitrogens is 2. The van der Waals surface area contributed by atoms with Gasteiger partial charge in [0.15, 0.2) is 0 Å². The third-order valence-electron chi connectivity index (χ3n) is 13.0. The van der Waals surface area contributed by atoms with Crippen LogP contribution in [0.5, 0.6) is 0 Å². The molecule has 0 bridgehead atoms.